The predicted octanol–water partition coefficient (Wildman–Crippen LogP) is 4.71. The quantitative estimate of drug-likeness (QED) is 0.757. The van der Waals surface area contributed by atoms with Crippen molar-refractivity contribution >= 4 is 0 Å². The van der Waals surface area contributed by atoms with Crippen molar-refractivity contribution in [3.8, 4) is 5.75 Å². The van der Waals surface area contributed by atoms with E-state index in [2.05, 4.69) is 23.1 Å². The molecule has 4 fully saturated rings. The Hall–Kier alpha value is -1.06. The molecule has 2 saturated carbocycles. The zero-order chi connectivity index (χ0) is 18.8. The van der Waals surface area contributed by atoms with Crippen LogP contribution in [-0.2, 0) is 16.6 Å². The molecule has 2 heterocycles. The van der Waals surface area contributed by atoms with E-state index in [9.17, 15) is 0 Å². The molecule has 6 rings (SSSR count). The maximum Gasteiger partial charge on any atom is 0.119 e. The molecule has 28 heavy (non-hydrogen) atoms. The number of likely N-dealkylation sites (tertiary alicyclic amines) is 1. The number of fused-ring (bicyclic) bond motifs is 1. The van der Waals surface area contributed by atoms with Gasteiger partial charge in [-0.15, -0.1) is 0 Å². The van der Waals surface area contributed by atoms with Gasteiger partial charge in [-0.25, -0.2) is 0 Å². The molecule has 0 amide bonds. The summed E-state index contributed by atoms with van der Waals surface area (Å²) in [6.07, 6.45) is 13.4. The van der Waals surface area contributed by atoms with Gasteiger partial charge in [0.05, 0.1) is 19.3 Å². The Bertz CT molecular complexity index is 751. The van der Waals surface area contributed by atoms with E-state index in [1.807, 2.05) is 0 Å². The summed E-state index contributed by atoms with van der Waals surface area (Å²) in [7, 11) is 1.80. The summed E-state index contributed by atoms with van der Waals surface area (Å²) in [6, 6.07) is 7.60. The lowest BCUT2D eigenvalue weighted by Gasteiger charge is -2.62. The van der Waals surface area contributed by atoms with Gasteiger partial charge in [0.15, 0.2) is 0 Å². The maximum atomic E-state index is 6.85. The summed E-state index contributed by atoms with van der Waals surface area (Å²) >= 11 is 0. The maximum absolute atomic E-state index is 6.85. The zero-order valence-corrected chi connectivity index (χ0v) is 17.4. The molecule has 5 aliphatic rings. The SMILES string of the molecule is COc1ccc2c(c1)[C@]13CCN(CC4CC4)[C@H](C2)[C@@H]1CC1(CCCCC1)OC3. The average Bonchev–Trinajstić information content (AvgIpc) is 3.55. The van der Waals surface area contributed by atoms with Gasteiger partial charge in [-0.05, 0) is 86.6 Å². The van der Waals surface area contributed by atoms with Crippen LogP contribution in [0, 0.1) is 11.8 Å². The van der Waals surface area contributed by atoms with Gasteiger partial charge < -0.3 is 9.47 Å². The second-order valence-corrected chi connectivity index (χ2v) is 10.5. The second kappa shape index (κ2) is 6.47. The molecule has 3 heteroatoms. The number of methoxy groups -OCH3 is 1. The van der Waals surface area contributed by atoms with Crippen molar-refractivity contribution in [2.45, 2.75) is 81.3 Å². The van der Waals surface area contributed by atoms with Crippen LogP contribution < -0.4 is 4.74 Å². The second-order valence-electron chi connectivity index (χ2n) is 10.5. The van der Waals surface area contributed by atoms with Crippen molar-refractivity contribution in [3.05, 3.63) is 29.3 Å². The molecule has 3 atom stereocenters. The van der Waals surface area contributed by atoms with Gasteiger partial charge in [-0.2, -0.15) is 0 Å². The Morgan fingerprint density at radius 2 is 2.00 bits per heavy atom. The van der Waals surface area contributed by atoms with E-state index >= 15 is 0 Å². The molecule has 1 aromatic rings. The highest BCUT2D eigenvalue weighted by Crippen LogP contribution is 2.57. The first-order chi connectivity index (χ1) is 13.7. The first kappa shape index (κ1) is 17.8. The zero-order valence-electron chi connectivity index (χ0n) is 17.4. The first-order valence-electron chi connectivity index (χ1n) is 11.8. The van der Waals surface area contributed by atoms with Crippen LogP contribution in [0.1, 0.15) is 68.9 Å². The van der Waals surface area contributed by atoms with Gasteiger partial charge in [-0.1, -0.05) is 25.3 Å². The Morgan fingerprint density at radius 1 is 1.14 bits per heavy atom. The molecule has 2 saturated heterocycles. The summed E-state index contributed by atoms with van der Waals surface area (Å²) < 4.78 is 12.5. The van der Waals surface area contributed by atoms with Crippen LogP contribution >= 0.6 is 0 Å². The van der Waals surface area contributed by atoms with Crippen LogP contribution in [0.2, 0.25) is 0 Å². The minimum Gasteiger partial charge on any atom is -0.497 e. The van der Waals surface area contributed by atoms with Crippen molar-refractivity contribution in [1.82, 2.24) is 4.90 Å². The van der Waals surface area contributed by atoms with E-state index in [0.717, 1.165) is 30.2 Å². The van der Waals surface area contributed by atoms with Crippen LogP contribution in [0.5, 0.6) is 5.75 Å². The smallest absolute Gasteiger partial charge is 0.119 e. The molecular formula is C25H35NO2. The Morgan fingerprint density at radius 3 is 2.79 bits per heavy atom. The number of benzene rings is 1. The molecule has 1 spiro atoms. The van der Waals surface area contributed by atoms with Gasteiger partial charge in [0, 0.05) is 18.0 Å². The first-order valence-corrected chi connectivity index (χ1v) is 11.8. The molecule has 0 unspecified atom stereocenters. The molecule has 0 N–H and O–H groups in total. The van der Waals surface area contributed by atoms with Gasteiger partial charge in [0.25, 0.3) is 0 Å². The largest absolute Gasteiger partial charge is 0.497 e. The summed E-state index contributed by atoms with van der Waals surface area (Å²) in [5.41, 5.74) is 3.52. The fraction of sp³-hybridized carbons (Fsp3) is 0.760. The highest BCUT2D eigenvalue weighted by molar-refractivity contribution is 5.46. The molecule has 2 aliphatic heterocycles. The summed E-state index contributed by atoms with van der Waals surface area (Å²) in [5.74, 6) is 2.75. The van der Waals surface area contributed by atoms with E-state index in [-0.39, 0.29) is 11.0 Å². The Labute approximate surface area is 169 Å². The van der Waals surface area contributed by atoms with E-state index < -0.39 is 0 Å². The normalized spacial score (nSPS) is 36.6. The van der Waals surface area contributed by atoms with Crippen molar-refractivity contribution in [2.75, 3.05) is 26.8 Å². The average molecular weight is 382 g/mol. The standard InChI is InChI=1S/C25H35NO2/c1-27-20-8-7-19-13-23-22-15-24(9-3-2-4-10-24)28-17-25(22,21(19)14-20)11-12-26(23)16-18-5-6-18/h7-8,14,18,22-23H,2-6,9-13,15-17H2,1H3/t22-,23+,25+/m0/s1. The van der Waals surface area contributed by atoms with Gasteiger partial charge >= 0.3 is 0 Å². The molecule has 0 aromatic heterocycles. The topological polar surface area (TPSA) is 21.7 Å². The lowest BCUT2D eigenvalue weighted by atomic mass is 9.53. The molecule has 3 nitrogen and oxygen atoms in total. The fourth-order valence-electron chi connectivity index (χ4n) is 7.21. The highest BCUT2D eigenvalue weighted by Gasteiger charge is 2.59. The number of rotatable bonds is 3. The third-order valence-corrected chi connectivity index (χ3v) is 8.95. The number of hydrogen-bond acceptors (Lipinski definition) is 3. The Balaban J connectivity index is 1.41. The van der Waals surface area contributed by atoms with Crippen LogP contribution in [0.15, 0.2) is 18.2 Å². The fourth-order valence-corrected chi connectivity index (χ4v) is 7.21. The number of piperidine rings is 1. The molecule has 152 valence electrons. The van der Waals surface area contributed by atoms with Crippen molar-refractivity contribution in [3.63, 3.8) is 0 Å². The van der Waals surface area contributed by atoms with Crippen molar-refractivity contribution in [1.29, 1.82) is 0 Å². The lowest BCUT2D eigenvalue weighted by molar-refractivity contribution is -0.183. The van der Waals surface area contributed by atoms with Crippen molar-refractivity contribution in [2.24, 2.45) is 11.8 Å². The van der Waals surface area contributed by atoms with Crippen molar-refractivity contribution < 1.29 is 9.47 Å². The summed E-state index contributed by atoms with van der Waals surface area (Å²) in [5, 5.41) is 0. The third-order valence-electron chi connectivity index (χ3n) is 8.95. The van der Waals surface area contributed by atoms with Crippen LogP contribution in [0.3, 0.4) is 0 Å². The van der Waals surface area contributed by atoms with E-state index in [1.165, 1.54) is 77.3 Å². The molecule has 2 bridgehead atoms. The van der Waals surface area contributed by atoms with Gasteiger partial charge in [-0.3, -0.25) is 4.90 Å². The third kappa shape index (κ3) is 2.69. The van der Waals surface area contributed by atoms with Crippen LogP contribution in [0.4, 0.5) is 0 Å². The molecule has 1 aromatic carbocycles. The molecular weight excluding hydrogens is 346 g/mol. The molecule has 3 aliphatic carbocycles. The lowest BCUT2D eigenvalue weighted by Crippen LogP contribution is -2.66. The van der Waals surface area contributed by atoms with Crippen LogP contribution in [-0.4, -0.2) is 43.3 Å². The molecule has 0 radical (unpaired) electrons. The van der Waals surface area contributed by atoms with Gasteiger partial charge in [0.2, 0.25) is 0 Å². The number of nitrogens with zero attached hydrogens (tertiary/aromatic N) is 1. The Kier molecular flexibility index (Phi) is 4.11. The minimum absolute atomic E-state index is 0.184. The van der Waals surface area contributed by atoms with E-state index in [0.29, 0.717) is 0 Å². The summed E-state index contributed by atoms with van der Waals surface area (Å²) in [4.78, 5) is 2.90. The minimum atomic E-state index is 0.184. The number of hydrogen-bond donors (Lipinski definition) is 0. The number of ether oxygens (including phenoxy) is 2. The van der Waals surface area contributed by atoms with Gasteiger partial charge in [0.1, 0.15) is 5.75 Å². The van der Waals surface area contributed by atoms with E-state index in [1.54, 1.807) is 18.2 Å². The van der Waals surface area contributed by atoms with E-state index in [4.69, 9.17) is 9.47 Å². The predicted molar refractivity (Wildman–Crippen MR) is 111 cm³/mol. The monoisotopic (exact) mass is 381 g/mol. The van der Waals surface area contributed by atoms with Crippen LogP contribution in [0.25, 0.3) is 0 Å². The highest BCUT2D eigenvalue weighted by atomic mass is 16.5. The summed E-state index contributed by atoms with van der Waals surface area (Å²) in [6.45, 7) is 3.53.